The van der Waals surface area contributed by atoms with E-state index >= 15 is 0 Å². The van der Waals surface area contributed by atoms with Gasteiger partial charge in [-0.1, -0.05) is 72.8 Å². The second-order valence-corrected chi connectivity index (χ2v) is 9.08. The SMILES string of the molecule is O=C(NCc1ccccc1)c1ccc2c(c1)CCCN2Cc1ccc(-c2ccccc2C(=O)O)cc1. The molecule has 0 unspecified atom stereocenters. The molecule has 0 saturated heterocycles. The zero-order valence-electron chi connectivity index (χ0n) is 20.0. The predicted octanol–water partition coefficient (Wildman–Crippen LogP) is 5.93. The highest BCUT2D eigenvalue weighted by molar-refractivity contribution is 5.96. The van der Waals surface area contributed by atoms with Gasteiger partial charge in [-0.3, -0.25) is 4.79 Å². The number of benzene rings is 4. The van der Waals surface area contributed by atoms with Gasteiger partial charge in [-0.2, -0.15) is 0 Å². The molecule has 1 amide bonds. The number of anilines is 1. The van der Waals surface area contributed by atoms with E-state index in [1.165, 1.54) is 11.3 Å². The van der Waals surface area contributed by atoms with Crippen LogP contribution in [-0.4, -0.2) is 23.5 Å². The number of aryl methyl sites for hydroxylation is 1. The zero-order chi connectivity index (χ0) is 24.9. The maximum absolute atomic E-state index is 12.7. The van der Waals surface area contributed by atoms with Crippen molar-refractivity contribution in [1.82, 2.24) is 5.32 Å². The molecular weight excluding hydrogens is 448 g/mol. The molecule has 5 nitrogen and oxygen atoms in total. The second kappa shape index (κ2) is 10.5. The van der Waals surface area contributed by atoms with E-state index in [2.05, 4.69) is 28.4 Å². The molecule has 0 atom stereocenters. The highest BCUT2D eigenvalue weighted by atomic mass is 16.4. The molecule has 4 aromatic rings. The first-order chi connectivity index (χ1) is 17.6. The summed E-state index contributed by atoms with van der Waals surface area (Å²) in [5.74, 6) is -0.983. The number of carboxylic acid groups (broad SMARTS) is 1. The lowest BCUT2D eigenvalue weighted by atomic mass is 9.97. The summed E-state index contributed by atoms with van der Waals surface area (Å²) in [5, 5.41) is 12.5. The molecule has 0 fully saturated rings. The lowest BCUT2D eigenvalue weighted by Gasteiger charge is -2.31. The lowest BCUT2D eigenvalue weighted by Crippen LogP contribution is -2.29. The van der Waals surface area contributed by atoms with E-state index < -0.39 is 5.97 Å². The van der Waals surface area contributed by atoms with Gasteiger partial charge in [0.2, 0.25) is 0 Å². The van der Waals surface area contributed by atoms with E-state index in [1.54, 1.807) is 12.1 Å². The molecule has 5 heteroatoms. The molecule has 0 saturated carbocycles. The van der Waals surface area contributed by atoms with Crippen LogP contribution in [0.2, 0.25) is 0 Å². The maximum atomic E-state index is 12.7. The number of fused-ring (bicyclic) bond motifs is 1. The summed E-state index contributed by atoms with van der Waals surface area (Å²) in [7, 11) is 0. The summed E-state index contributed by atoms with van der Waals surface area (Å²) in [4.78, 5) is 26.7. The third-order valence-corrected chi connectivity index (χ3v) is 6.65. The lowest BCUT2D eigenvalue weighted by molar-refractivity contribution is 0.0697. The third kappa shape index (κ3) is 5.15. The van der Waals surface area contributed by atoms with Gasteiger partial charge in [0.15, 0.2) is 0 Å². The Balaban J connectivity index is 1.28. The van der Waals surface area contributed by atoms with E-state index in [0.29, 0.717) is 17.7 Å². The van der Waals surface area contributed by atoms with Crippen LogP contribution in [0.1, 0.15) is 43.8 Å². The van der Waals surface area contributed by atoms with Gasteiger partial charge in [-0.05, 0) is 64.9 Å². The Labute approximate surface area is 211 Å². The Morgan fingerprint density at radius 2 is 1.58 bits per heavy atom. The van der Waals surface area contributed by atoms with Crippen molar-refractivity contribution >= 4 is 17.6 Å². The van der Waals surface area contributed by atoms with E-state index in [1.807, 2.05) is 66.7 Å². The number of carbonyl (C=O) groups is 2. The summed E-state index contributed by atoms with van der Waals surface area (Å²) in [6.45, 7) is 2.22. The van der Waals surface area contributed by atoms with Gasteiger partial charge >= 0.3 is 5.97 Å². The van der Waals surface area contributed by atoms with Crippen LogP contribution in [0, 0.1) is 0 Å². The second-order valence-electron chi connectivity index (χ2n) is 9.08. The Kier molecular flexibility index (Phi) is 6.80. The van der Waals surface area contributed by atoms with Crippen LogP contribution in [0.5, 0.6) is 0 Å². The summed E-state index contributed by atoms with van der Waals surface area (Å²) >= 11 is 0. The number of hydrogen-bond donors (Lipinski definition) is 2. The molecule has 1 heterocycles. The number of aromatic carboxylic acids is 1. The van der Waals surface area contributed by atoms with Crippen LogP contribution in [0.3, 0.4) is 0 Å². The van der Waals surface area contributed by atoms with Gasteiger partial charge < -0.3 is 15.3 Å². The first-order valence-corrected chi connectivity index (χ1v) is 12.2. The van der Waals surface area contributed by atoms with Crippen molar-refractivity contribution in [3.05, 3.63) is 125 Å². The van der Waals surface area contributed by atoms with E-state index in [4.69, 9.17) is 0 Å². The van der Waals surface area contributed by atoms with Crippen molar-refractivity contribution in [3.8, 4) is 11.1 Å². The maximum Gasteiger partial charge on any atom is 0.336 e. The highest BCUT2D eigenvalue weighted by Gasteiger charge is 2.19. The molecule has 0 aliphatic carbocycles. The molecule has 1 aliphatic rings. The van der Waals surface area contributed by atoms with Crippen LogP contribution in [0.25, 0.3) is 11.1 Å². The molecule has 36 heavy (non-hydrogen) atoms. The molecule has 0 aromatic heterocycles. The van der Waals surface area contributed by atoms with Gasteiger partial charge in [0.05, 0.1) is 5.56 Å². The first-order valence-electron chi connectivity index (χ1n) is 12.2. The minimum absolute atomic E-state index is 0.0593. The Morgan fingerprint density at radius 3 is 2.36 bits per heavy atom. The van der Waals surface area contributed by atoms with Crippen molar-refractivity contribution in [2.45, 2.75) is 25.9 Å². The minimum Gasteiger partial charge on any atom is -0.478 e. The first kappa shape index (κ1) is 23.4. The average Bonchev–Trinajstić information content (AvgIpc) is 2.92. The minimum atomic E-state index is -0.923. The van der Waals surface area contributed by atoms with Crippen molar-refractivity contribution < 1.29 is 14.7 Å². The molecule has 0 bridgehead atoms. The quantitative estimate of drug-likeness (QED) is 0.347. The number of hydrogen-bond acceptors (Lipinski definition) is 3. The molecule has 5 rings (SSSR count). The van der Waals surface area contributed by atoms with Gasteiger partial charge in [-0.25, -0.2) is 4.79 Å². The number of carbonyl (C=O) groups excluding carboxylic acids is 1. The molecule has 2 N–H and O–H groups in total. The fraction of sp³-hybridized carbons (Fsp3) is 0.161. The fourth-order valence-electron chi connectivity index (χ4n) is 4.79. The van der Waals surface area contributed by atoms with Crippen molar-refractivity contribution in [2.75, 3.05) is 11.4 Å². The van der Waals surface area contributed by atoms with Crippen LogP contribution in [-0.2, 0) is 19.5 Å². The van der Waals surface area contributed by atoms with E-state index in [0.717, 1.165) is 48.2 Å². The molecule has 180 valence electrons. The van der Waals surface area contributed by atoms with Crippen LogP contribution in [0.15, 0.2) is 97.1 Å². The predicted molar refractivity (Wildman–Crippen MR) is 142 cm³/mol. The third-order valence-electron chi connectivity index (χ3n) is 6.65. The van der Waals surface area contributed by atoms with Crippen molar-refractivity contribution in [3.63, 3.8) is 0 Å². The van der Waals surface area contributed by atoms with Crippen LogP contribution in [0.4, 0.5) is 5.69 Å². The van der Waals surface area contributed by atoms with Crippen LogP contribution < -0.4 is 10.2 Å². The van der Waals surface area contributed by atoms with Gasteiger partial charge in [-0.15, -0.1) is 0 Å². The largest absolute Gasteiger partial charge is 0.478 e. The highest BCUT2D eigenvalue weighted by Crippen LogP contribution is 2.30. The van der Waals surface area contributed by atoms with Gasteiger partial charge in [0, 0.05) is 30.9 Å². The topological polar surface area (TPSA) is 69.6 Å². The monoisotopic (exact) mass is 476 g/mol. The van der Waals surface area contributed by atoms with E-state index in [9.17, 15) is 14.7 Å². The Morgan fingerprint density at radius 1 is 0.833 bits per heavy atom. The number of rotatable bonds is 7. The van der Waals surface area contributed by atoms with E-state index in [-0.39, 0.29) is 5.91 Å². The molecule has 0 radical (unpaired) electrons. The summed E-state index contributed by atoms with van der Waals surface area (Å²) in [5.41, 5.74) is 7.20. The molecular formula is C31H28N2O3. The van der Waals surface area contributed by atoms with Crippen LogP contribution >= 0.6 is 0 Å². The van der Waals surface area contributed by atoms with Crippen molar-refractivity contribution in [1.29, 1.82) is 0 Å². The van der Waals surface area contributed by atoms with Gasteiger partial charge in [0.25, 0.3) is 5.91 Å². The standard InChI is InChI=1S/C31H28N2O3/c34-30(32-20-22-7-2-1-3-8-22)26-16-17-29-25(19-26)9-6-18-33(29)21-23-12-14-24(15-13-23)27-10-4-5-11-28(27)31(35)36/h1-5,7-8,10-17,19H,6,9,18,20-21H2,(H,32,34)(H,35,36). The smallest absolute Gasteiger partial charge is 0.336 e. The normalized spacial score (nSPS) is 12.6. The molecule has 0 spiro atoms. The summed E-state index contributed by atoms with van der Waals surface area (Å²) in [6.07, 6.45) is 1.99. The Hall–Kier alpha value is -4.38. The molecule has 1 aliphatic heterocycles. The number of nitrogens with one attached hydrogen (secondary N) is 1. The number of carboxylic acids is 1. The van der Waals surface area contributed by atoms with Gasteiger partial charge in [0.1, 0.15) is 0 Å². The zero-order valence-corrected chi connectivity index (χ0v) is 20.0. The summed E-state index contributed by atoms with van der Waals surface area (Å²) < 4.78 is 0. The summed E-state index contributed by atoms with van der Waals surface area (Å²) in [6, 6.07) is 31.1. The average molecular weight is 477 g/mol. The number of amides is 1. The fourth-order valence-corrected chi connectivity index (χ4v) is 4.79. The van der Waals surface area contributed by atoms with Crippen molar-refractivity contribution in [2.24, 2.45) is 0 Å². The Bertz CT molecular complexity index is 1380. The molecule has 4 aromatic carbocycles. The number of nitrogens with zero attached hydrogens (tertiary/aromatic N) is 1.